The van der Waals surface area contributed by atoms with Gasteiger partial charge in [0.2, 0.25) is 0 Å². The number of phenols is 1. The number of aryl methyl sites for hydroxylation is 2. The van der Waals surface area contributed by atoms with Crippen LogP contribution in [0.3, 0.4) is 0 Å². The Kier molecular flexibility index (Phi) is 5.49. The van der Waals surface area contributed by atoms with E-state index in [0.717, 1.165) is 38.8 Å². The lowest BCUT2D eigenvalue weighted by molar-refractivity contribution is 0.402. The molecule has 1 aliphatic heterocycles. The van der Waals surface area contributed by atoms with Crippen LogP contribution in [0.4, 0.5) is 11.4 Å². The first kappa shape index (κ1) is 22.0. The number of rotatable bonds is 4. The summed E-state index contributed by atoms with van der Waals surface area (Å²) < 4.78 is 30.2. The van der Waals surface area contributed by atoms with Crippen LogP contribution in [0.2, 0.25) is 0 Å². The fourth-order valence-corrected chi connectivity index (χ4v) is 6.61. The minimum absolute atomic E-state index is 0.0694. The number of sulfonamides is 1. The molecule has 0 radical (unpaired) electrons. The van der Waals surface area contributed by atoms with E-state index in [4.69, 9.17) is 0 Å². The summed E-state index contributed by atoms with van der Waals surface area (Å²) in [5, 5.41) is 14.1. The van der Waals surface area contributed by atoms with Crippen molar-refractivity contribution in [2.24, 2.45) is 5.92 Å². The summed E-state index contributed by atoms with van der Waals surface area (Å²) in [6, 6.07) is 16.3. The quantitative estimate of drug-likeness (QED) is 0.345. The normalized spacial score (nSPS) is 21.2. The van der Waals surface area contributed by atoms with Crippen molar-refractivity contribution in [2.45, 2.75) is 37.1 Å². The number of hydrogen-bond donors (Lipinski definition) is 3. The van der Waals surface area contributed by atoms with Gasteiger partial charge in [0.15, 0.2) is 0 Å². The van der Waals surface area contributed by atoms with Crippen LogP contribution in [-0.2, 0) is 10.0 Å². The molecule has 33 heavy (non-hydrogen) atoms. The number of aromatic hydroxyl groups is 1. The van der Waals surface area contributed by atoms with Gasteiger partial charge in [0, 0.05) is 21.6 Å². The van der Waals surface area contributed by atoms with Gasteiger partial charge < -0.3 is 10.4 Å². The first-order valence-corrected chi connectivity index (χ1v) is 13.2. The topological polar surface area (TPSA) is 78.4 Å². The van der Waals surface area contributed by atoms with Crippen molar-refractivity contribution in [2.75, 3.05) is 10.0 Å². The molecule has 2 aliphatic rings. The molecule has 5 rings (SSSR count). The Bertz CT molecular complexity index is 1360. The average Bonchev–Trinajstić information content (AvgIpc) is 3.28. The molecule has 0 fully saturated rings. The van der Waals surface area contributed by atoms with Crippen molar-refractivity contribution in [3.8, 4) is 5.75 Å². The predicted octanol–water partition coefficient (Wildman–Crippen LogP) is 6.40. The zero-order valence-corrected chi connectivity index (χ0v) is 20.7. The van der Waals surface area contributed by atoms with Gasteiger partial charge in [-0.25, -0.2) is 8.42 Å². The first-order valence-electron chi connectivity index (χ1n) is 10.9. The van der Waals surface area contributed by atoms with Crippen LogP contribution in [0, 0.1) is 19.8 Å². The largest absolute Gasteiger partial charge is 0.508 e. The molecule has 3 unspecified atom stereocenters. The SMILES string of the molecule is Cc1cccc(C)c1NS(=O)(=O)c1ccc2c(c1)C1C=CCC1C(c1cc(Br)ccc1O)N2. The summed E-state index contributed by atoms with van der Waals surface area (Å²) >= 11 is 3.51. The third kappa shape index (κ3) is 3.93. The lowest BCUT2D eigenvalue weighted by Crippen LogP contribution is -2.29. The van der Waals surface area contributed by atoms with Crippen molar-refractivity contribution < 1.29 is 13.5 Å². The maximum Gasteiger partial charge on any atom is 0.261 e. The summed E-state index contributed by atoms with van der Waals surface area (Å²) in [5.74, 6) is 0.504. The van der Waals surface area contributed by atoms with Gasteiger partial charge in [-0.2, -0.15) is 0 Å². The Labute approximate surface area is 202 Å². The number of nitrogens with one attached hydrogen (secondary N) is 2. The van der Waals surface area contributed by atoms with Gasteiger partial charge in [-0.3, -0.25) is 4.72 Å². The van der Waals surface area contributed by atoms with E-state index in [1.807, 2.05) is 50.2 Å². The molecule has 3 N–H and O–H groups in total. The summed E-state index contributed by atoms with van der Waals surface area (Å²) in [4.78, 5) is 0.244. The average molecular weight is 525 g/mol. The smallest absolute Gasteiger partial charge is 0.261 e. The molecule has 1 aliphatic carbocycles. The third-order valence-electron chi connectivity index (χ3n) is 6.69. The van der Waals surface area contributed by atoms with E-state index < -0.39 is 10.0 Å². The Morgan fingerprint density at radius 3 is 2.55 bits per heavy atom. The molecule has 0 spiro atoms. The number of benzene rings is 3. The Morgan fingerprint density at radius 2 is 1.79 bits per heavy atom. The molecule has 170 valence electrons. The molecule has 5 nitrogen and oxygen atoms in total. The lowest BCUT2D eigenvalue weighted by Gasteiger charge is -2.38. The highest BCUT2D eigenvalue weighted by Gasteiger charge is 2.39. The molecule has 7 heteroatoms. The Balaban J connectivity index is 1.52. The van der Waals surface area contributed by atoms with E-state index in [1.54, 1.807) is 18.2 Å². The lowest BCUT2D eigenvalue weighted by atomic mass is 9.77. The van der Waals surface area contributed by atoms with E-state index >= 15 is 0 Å². The van der Waals surface area contributed by atoms with Crippen LogP contribution in [0.5, 0.6) is 5.75 Å². The molecule has 0 saturated carbocycles. The summed E-state index contributed by atoms with van der Waals surface area (Å²) in [6.45, 7) is 3.79. The van der Waals surface area contributed by atoms with Crippen molar-refractivity contribution in [1.82, 2.24) is 0 Å². The Morgan fingerprint density at radius 1 is 1.03 bits per heavy atom. The van der Waals surface area contributed by atoms with E-state index in [-0.39, 0.29) is 28.5 Å². The van der Waals surface area contributed by atoms with Crippen LogP contribution in [0.15, 0.2) is 76.1 Å². The maximum absolute atomic E-state index is 13.3. The zero-order chi connectivity index (χ0) is 23.3. The van der Waals surface area contributed by atoms with Crippen LogP contribution < -0.4 is 10.0 Å². The van der Waals surface area contributed by atoms with Crippen molar-refractivity contribution in [3.63, 3.8) is 0 Å². The van der Waals surface area contributed by atoms with Gasteiger partial charge in [-0.15, -0.1) is 0 Å². The summed E-state index contributed by atoms with van der Waals surface area (Å²) in [7, 11) is -3.75. The van der Waals surface area contributed by atoms with Gasteiger partial charge in [0.25, 0.3) is 10.0 Å². The number of para-hydroxylation sites is 1. The molecular formula is C26H25BrN2O3S. The minimum atomic E-state index is -3.75. The van der Waals surface area contributed by atoms with Crippen LogP contribution in [-0.4, -0.2) is 13.5 Å². The number of halogens is 1. The molecule has 3 atom stereocenters. The molecular weight excluding hydrogens is 500 g/mol. The molecule has 0 amide bonds. The van der Waals surface area contributed by atoms with E-state index in [1.165, 1.54) is 0 Å². The second-order valence-electron chi connectivity index (χ2n) is 8.80. The molecule has 0 aromatic heterocycles. The summed E-state index contributed by atoms with van der Waals surface area (Å²) in [6.07, 6.45) is 5.15. The number of hydrogen-bond acceptors (Lipinski definition) is 4. The second-order valence-corrected chi connectivity index (χ2v) is 11.4. The van der Waals surface area contributed by atoms with Gasteiger partial charge in [0.1, 0.15) is 5.75 Å². The van der Waals surface area contributed by atoms with Gasteiger partial charge in [-0.05, 0) is 79.3 Å². The second kappa shape index (κ2) is 8.22. The van der Waals surface area contributed by atoms with Crippen molar-refractivity contribution >= 4 is 37.3 Å². The number of allylic oxidation sites excluding steroid dienone is 2. The Hall–Kier alpha value is -2.77. The van der Waals surface area contributed by atoms with E-state index in [9.17, 15) is 13.5 Å². The van der Waals surface area contributed by atoms with E-state index in [0.29, 0.717) is 5.69 Å². The molecule has 1 heterocycles. The number of fused-ring (bicyclic) bond motifs is 3. The zero-order valence-electron chi connectivity index (χ0n) is 18.3. The van der Waals surface area contributed by atoms with Gasteiger partial charge in [0.05, 0.1) is 16.6 Å². The van der Waals surface area contributed by atoms with Crippen LogP contribution in [0.25, 0.3) is 0 Å². The number of anilines is 2. The predicted molar refractivity (Wildman–Crippen MR) is 135 cm³/mol. The van der Waals surface area contributed by atoms with Crippen molar-refractivity contribution in [1.29, 1.82) is 0 Å². The van der Waals surface area contributed by atoms with E-state index in [2.05, 4.69) is 38.1 Å². The standard InChI is InChI=1S/C26H25BrN2O3S/c1-15-5-3-6-16(2)25(15)29-33(31,32)18-10-11-23-21(14-18)19-7-4-8-20(19)26(28-23)22-13-17(27)9-12-24(22)30/h3-7,9-14,19-20,26,28-30H,8H2,1-2H3. The highest BCUT2D eigenvalue weighted by molar-refractivity contribution is 9.10. The highest BCUT2D eigenvalue weighted by atomic mass is 79.9. The third-order valence-corrected chi connectivity index (χ3v) is 8.53. The summed E-state index contributed by atoms with van der Waals surface area (Å²) in [5.41, 5.74) is 5.07. The maximum atomic E-state index is 13.3. The van der Waals surface area contributed by atoms with Crippen LogP contribution in [0.1, 0.15) is 40.6 Å². The number of phenolic OH excluding ortho intramolecular Hbond substituents is 1. The fraction of sp³-hybridized carbons (Fsp3) is 0.231. The van der Waals surface area contributed by atoms with Gasteiger partial charge in [-0.1, -0.05) is 46.3 Å². The molecule has 3 aromatic rings. The minimum Gasteiger partial charge on any atom is -0.508 e. The van der Waals surface area contributed by atoms with Crippen LogP contribution >= 0.6 is 15.9 Å². The molecule has 0 saturated heterocycles. The highest BCUT2D eigenvalue weighted by Crippen LogP contribution is 2.51. The van der Waals surface area contributed by atoms with Gasteiger partial charge >= 0.3 is 0 Å². The fourth-order valence-electron chi connectivity index (χ4n) is 4.99. The molecule has 3 aromatic carbocycles. The monoisotopic (exact) mass is 524 g/mol. The van der Waals surface area contributed by atoms with Crippen molar-refractivity contribution in [3.05, 3.63) is 93.5 Å². The molecule has 0 bridgehead atoms. The first-order chi connectivity index (χ1) is 15.7.